The lowest BCUT2D eigenvalue weighted by atomic mass is 10.1. The van der Waals surface area contributed by atoms with Crippen molar-refractivity contribution in [2.75, 3.05) is 0 Å². The summed E-state index contributed by atoms with van der Waals surface area (Å²) in [5.41, 5.74) is -0.140. The molecule has 0 amide bonds. The van der Waals surface area contributed by atoms with Gasteiger partial charge in [0.2, 0.25) is 0 Å². The second-order valence-electron chi connectivity index (χ2n) is 2.92. The van der Waals surface area contributed by atoms with Gasteiger partial charge in [-0.2, -0.15) is 0 Å². The smallest absolute Gasteiger partial charge is 0.334 e. The molecule has 1 N–H and O–H groups in total. The summed E-state index contributed by atoms with van der Waals surface area (Å²) < 4.78 is 13.1. The van der Waals surface area contributed by atoms with Crippen LogP contribution in [0.3, 0.4) is 0 Å². The van der Waals surface area contributed by atoms with Gasteiger partial charge >= 0.3 is 11.1 Å². The van der Waals surface area contributed by atoms with Crippen LogP contribution in [0.15, 0.2) is 12.1 Å². The Labute approximate surface area is 89.4 Å². The molecule has 0 fully saturated rings. The lowest BCUT2D eigenvalue weighted by Gasteiger charge is -2.05. The number of aryl methyl sites for hydroxylation is 1. The van der Waals surface area contributed by atoms with Gasteiger partial charge in [-0.25, -0.2) is 9.23 Å². The van der Waals surface area contributed by atoms with Crippen molar-refractivity contribution in [1.29, 1.82) is 0 Å². The minimum Gasteiger partial charge on any atom is -0.505 e. The fourth-order valence-corrected chi connectivity index (χ4v) is 1.16. The van der Waals surface area contributed by atoms with Crippen molar-refractivity contribution >= 4 is 5.97 Å². The number of phenolic OH excluding ortho intramolecular Hbond substituents is 1. The SMILES string of the molecule is CCc1cc(C(=O)O[N+](=O)[O-])cc(F)c1O. The van der Waals surface area contributed by atoms with Crippen LogP contribution in [-0.4, -0.2) is 16.2 Å². The van der Waals surface area contributed by atoms with E-state index in [2.05, 4.69) is 4.84 Å². The number of rotatable bonds is 3. The van der Waals surface area contributed by atoms with E-state index < -0.39 is 22.6 Å². The predicted molar refractivity (Wildman–Crippen MR) is 49.9 cm³/mol. The summed E-state index contributed by atoms with van der Waals surface area (Å²) in [6, 6.07) is 1.82. The molecule has 6 nitrogen and oxygen atoms in total. The molecule has 0 unspecified atom stereocenters. The Morgan fingerprint density at radius 3 is 2.75 bits per heavy atom. The zero-order valence-corrected chi connectivity index (χ0v) is 8.27. The van der Waals surface area contributed by atoms with E-state index in [0.717, 1.165) is 6.07 Å². The van der Waals surface area contributed by atoms with Crippen molar-refractivity contribution in [3.8, 4) is 5.75 Å². The Hall–Kier alpha value is -2.18. The number of carbonyl (C=O) groups excluding carboxylic acids is 1. The van der Waals surface area contributed by atoms with Crippen LogP contribution in [0.1, 0.15) is 22.8 Å². The molecular formula is C9H8FNO5. The number of nitrogens with zero attached hydrogens (tertiary/aromatic N) is 1. The zero-order valence-electron chi connectivity index (χ0n) is 8.27. The summed E-state index contributed by atoms with van der Waals surface area (Å²) in [4.78, 5) is 24.6. The molecule has 86 valence electrons. The first-order valence-electron chi connectivity index (χ1n) is 4.33. The van der Waals surface area contributed by atoms with Crippen LogP contribution in [0.5, 0.6) is 5.75 Å². The second-order valence-corrected chi connectivity index (χ2v) is 2.92. The fourth-order valence-electron chi connectivity index (χ4n) is 1.16. The third kappa shape index (κ3) is 2.44. The quantitative estimate of drug-likeness (QED) is 0.625. The Morgan fingerprint density at radius 2 is 2.25 bits per heavy atom. The van der Waals surface area contributed by atoms with Gasteiger partial charge in [-0.3, -0.25) is 4.79 Å². The fraction of sp³-hybridized carbons (Fsp3) is 0.222. The number of benzene rings is 1. The topological polar surface area (TPSA) is 89.7 Å². The van der Waals surface area contributed by atoms with Crippen LogP contribution < -0.4 is 0 Å². The summed E-state index contributed by atoms with van der Waals surface area (Å²) in [6.07, 6.45) is 0.280. The maximum absolute atomic E-state index is 13.1. The lowest BCUT2D eigenvalue weighted by Crippen LogP contribution is -2.11. The number of phenols is 1. The molecule has 0 radical (unpaired) electrons. The van der Waals surface area contributed by atoms with E-state index in [1.807, 2.05) is 0 Å². The molecule has 0 aliphatic heterocycles. The van der Waals surface area contributed by atoms with Crippen LogP contribution in [0, 0.1) is 15.9 Å². The Morgan fingerprint density at radius 1 is 1.62 bits per heavy atom. The van der Waals surface area contributed by atoms with Crippen molar-refractivity contribution in [2.24, 2.45) is 0 Å². The van der Waals surface area contributed by atoms with E-state index in [9.17, 15) is 24.4 Å². The van der Waals surface area contributed by atoms with Crippen LogP contribution in [0.2, 0.25) is 0 Å². The third-order valence-corrected chi connectivity index (χ3v) is 1.92. The normalized spacial score (nSPS) is 9.88. The molecule has 0 bridgehead atoms. The highest BCUT2D eigenvalue weighted by Crippen LogP contribution is 2.23. The van der Waals surface area contributed by atoms with E-state index in [-0.39, 0.29) is 17.5 Å². The van der Waals surface area contributed by atoms with Gasteiger partial charge in [0.25, 0.3) is 0 Å². The van der Waals surface area contributed by atoms with Gasteiger partial charge in [-0.1, -0.05) is 6.92 Å². The molecule has 1 rings (SSSR count). The average Bonchev–Trinajstić information content (AvgIpc) is 2.20. The zero-order chi connectivity index (χ0) is 12.3. The Kier molecular flexibility index (Phi) is 3.39. The van der Waals surface area contributed by atoms with E-state index in [0.29, 0.717) is 6.07 Å². The first kappa shape index (κ1) is 11.9. The number of hydrogen-bond acceptors (Lipinski definition) is 5. The van der Waals surface area contributed by atoms with E-state index >= 15 is 0 Å². The van der Waals surface area contributed by atoms with Crippen LogP contribution in [-0.2, 0) is 11.3 Å². The molecule has 16 heavy (non-hydrogen) atoms. The highest BCUT2D eigenvalue weighted by atomic mass is 19.1. The van der Waals surface area contributed by atoms with Crippen LogP contribution in [0.25, 0.3) is 0 Å². The molecular weight excluding hydrogens is 221 g/mol. The molecule has 0 spiro atoms. The Bertz CT molecular complexity index is 446. The molecule has 0 saturated carbocycles. The molecule has 0 aliphatic carbocycles. The molecule has 1 aromatic carbocycles. The number of halogens is 1. The minimum absolute atomic E-state index is 0.176. The summed E-state index contributed by atoms with van der Waals surface area (Å²) >= 11 is 0. The largest absolute Gasteiger partial charge is 0.505 e. The van der Waals surface area contributed by atoms with Gasteiger partial charge in [0, 0.05) is 5.56 Å². The molecule has 0 aromatic heterocycles. The number of carbonyl (C=O) groups is 1. The van der Waals surface area contributed by atoms with Crippen molar-refractivity contribution in [1.82, 2.24) is 0 Å². The van der Waals surface area contributed by atoms with Gasteiger partial charge in [0.1, 0.15) is 0 Å². The number of aromatic hydroxyl groups is 1. The molecule has 0 heterocycles. The maximum atomic E-state index is 13.1. The van der Waals surface area contributed by atoms with Crippen LogP contribution in [0.4, 0.5) is 4.39 Å². The standard InChI is InChI=1S/C9H8FNO5/c1-2-5-3-6(4-7(10)8(5)12)9(13)16-11(14)15/h3-4,12H,2H2,1H3. The van der Waals surface area contributed by atoms with Crippen molar-refractivity contribution in [3.63, 3.8) is 0 Å². The van der Waals surface area contributed by atoms with Crippen LogP contribution >= 0.6 is 0 Å². The predicted octanol–water partition coefficient (Wildman–Crippen LogP) is 1.44. The summed E-state index contributed by atoms with van der Waals surface area (Å²) in [5.74, 6) is -2.87. The summed E-state index contributed by atoms with van der Waals surface area (Å²) in [6.45, 7) is 1.64. The molecule has 0 atom stereocenters. The van der Waals surface area contributed by atoms with E-state index in [1.165, 1.54) is 0 Å². The van der Waals surface area contributed by atoms with E-state index in [4.69, 9.17) is 0 Å². The van der Waals surface area contributed by atoms with E-state index in [1.54, 1.807) is 6.92 Å². The molecule has 7 heteroatoms. The van der Waals surface area contributed by atoms with Crippen molar-refractivity contribution in [3.05, 3.63) is 39.2 Å². The molecule has 0 aliphatic rings. The highest BCUT2D eigenvalue weighted by molar-refractivity contribution is 5.89. The summed E-state index contributed by atoms with van der Waals surface area (Å²) in [7, 11) is 0. The third-order valence-electron chi connectivity index (χ3n) is 1.92. The number of hydrogen-bond donors (Lipinski definition) is 1. The first-order valence-corrected chi connectivity index (χ1v) is 4.33. The van der Waals surface area contributed by atoms with Gasteiger partial charge < -0.3 is 5.11 Å². The van der Waals surface area contributed by atoms with Gasteiger partial charge in [0.05, 0.1) is 0 Å². The average molecular weight is 229 g/mol. The van der Waals surface area contributed by atoms with Crippen molar-refractivity contribution in [2.45, 2.75) is 13.3 Å². The lowest BCUT2D eigenvalue weighted by molar-refractivity contribution is -0.727. The van der Waals surface area contributed by atoms with Gasteiger partial charge in [0.15, 0.2) is 11.6 Å². The summed E-state index contributed by atoms with van der Waals surface area (Å²) in [5, 5.41) is 17.9. The van der Waals surface area contributed by atoms with Crippen molar-refractivity contribution < 1.29 is 24.2 Å². The Balaban J connectivity index is 3.11. The molecule has 0 saturated heterocycles. The molecule has 1 aromatic rings. The highest BCUT2D eigenvalue weighted by Gasteiger charge is 2.16. The van der Waals surface area contributed by atoms with Gasteiger partial charge in [-0.05, 0) is 24.1 Å². The first-order chi connectivity index (χ1) is 7.45. The van der Waals surface area contributed by atoms with Gasteiger partial charge in [-0.15, -0.1) is 10.1 Å². The monoisotopic (exact) mass is 229 g/mol. The minimum atomic E-state index is -1.28. The second kappa shape index (κ2) is 4.56. The maximum Gasteiger partial charge on any atom is 0.334 e.